The first kappa shape index (κ1) is 17.8. The molecular formula is C17H31N5O2. The zero-order chi connectivity index (χ0) is 17.0. The summed E-state index contributed by atoms with van der Waals surface area (Å²) in [7, 11) is 1.66. The van der Waals surface area contributed by atoms with Gasteiger partial charge in [-0.1, -0.05) is 12.1 Å². The van der Waals surface area contributed by atoms with E-state index in [2.05, 4.69) is 32.2 Å². The lowest BCUT2D eigenvalue weighted by Crippen LogP contribution is -2.39. The minimum absolute atomic E-state index is 0.122. The Kier molecular flexibility index (Phi) is 5.86. The summed E-state index contributed by atoms with van der Waals surface area (Å²) in [5, 5.41) is 7.51. The summed E-state index contributed by atoms with van der Waals surface area (Å²) < 4.78 is 10.6. The van der Waals surface area contributed by atoms with Crippen molar-refractivity contribution in [3.8, 4) is 0 Å². The van der Waals surface area contributed by atoms with Crippen molar-refractivity contribution in [2.75, 3.05) is 52.9 Å². The number of rotatable bonds is 6. The van der Waals surface area contributed by atoms with Gasteiger partial charge in [-0.15, -0.1) is 0 Å². The highest BCUT2D eigenvalue weighted by atomic mass is 16.5. The van der Waals surface area contributed by atoms with Gasteiger partial charge in [0.2, 0.25) is 5.89 Å². The Bertz CT molecular complexity index is 515. The standard InChI is InChI=1S/C17H31N5O2/c1-14(23-3)16-19-15(24-20-16)11-21-7-4-8-22(10-9-21)13-17(2)5-6-18-12-17/h14,18H,4-13H2,1-3H3. The predicted molar refractivity (Wildman–Crippen MR) is 91.6 cm³/mol. The molecule has 0 amide bonds. The number of nitrogens with zero attached hydrogens (tertiary/aromatic N) is 4. The van der Waals surface area contributed by atoms with Crippen LogP contribution in [0.1, 0.15) is 44.5 Å². The third-order valence-corrected chi connectivity index (χ3v) is 5.30. The Morgan fingerprint density at radius 3 is 2.83 bits per heavy atom. The predicted octanol–water partition coefficient (Wildman–Crippen LogP) is 1.28. The highest BCUT2D eigenvalue weighted by molar-refractivity contribution is 4.91. The molecule has 1 N–H and O–H groups in total. The zero-order valence-corrected chi connectivity index (χ0v) is 15.3. The summed E-state index contributed by atoms with van der Waals surface area (Å²) in [6, 6.07) is 0. The molecule has 2 unspecified atom stereocenters. The smallest absolute Gasteiger partial charge is 0.240 e. The van der Waals surface area contributed by atoms with Crippen LogP contribution in [-0.4, -0.2) is 72.9 Å². The topological polar surface area (TPSA) is 66.7 Å². The Morgan fingerprint density at radius 1 is 1.29 bits per heavy atom. The van der Waals surface area contributed by atoms with E-state index in [1.54, 1.807) is 7.11 Å². The minimum Gasteiger partial charge on any atom is -0.374 e. The number of methoxy groups -OCH3 is 1. The van der Waals surface area contributed by atoms with Crippen LogP contribution in [0.3, 0.4) is 0 Å². The van der Waals surface area contributed by atoms with Crippen LogP contribution >= 0.6 is 0 Å². The molecule has 2 saturated heterocycles. The van der Waals surface area contributed by atoms with Gasteiger partial charge in [-0.05, 0) is 44.8 Å². The van der Waals surface area contributed by atoms with E-state index >= 15 is 0 Å². The first-order valence-corrected chi connectivity index (χ1v) is 9.09. The van der Waals surface area contributed by atoms with Gasteiger partial charge in [0, 0.05) is 33.3 Å². The van der Waals surface area contributed by atoms with Gasteiger partial charge in [0.25, 0.3) is 0 Å². The van der Waals surface area contributed by atoms with E-state index in [1.807, 2.05) is 6.92 Å². The molecule has 0 spiro atoms. The Morgan fingerprint density at radius 2 is 2.08 bits per heavy atom. The summed E-state index contributed by atoms with van der Waals surface area (Å²) in [5.41, 5.74) is 0.437. The molecule has 0 saturated carbocycles. The number of nitrogens with one attached hydrogen (secondary N) is 1. The summed E-state index contributed by atoms with van der Waals surface area (Å²) in [6.45, 7) is 13.0. The quantitative estimate of drug-likeness (QED) is 0.839. The first-order chi connectivity index (χ1) is 11.6. The van der Waals surface area contributed by atoms with Crippen LogP contribution in [0.25, 0.3) is 0 Å². The Balaban J connectivity index is 1.49. The monoisotopic (exact) mass is 337 g/mol. The maximum atomic E-state index is 5.38. The van der Waals surface area contributed by atoms with Crippen molar-refractivity contribution in [3.05, 3.63) is 11.7 Å². The van der Waals surface area contributed by atoms with Crippen LogP contribution in [0.2, 0.25) is 0 Å². The van der Waals surface area contributed by atoms with E-state index < -0.39 is 0 Å². The maximum absolute atomic E-state index is 5.38. The molecule has 24 heavy (non-hydrogen) atoms. The lowest BCUT2D eigenvalue weighted by Gasteiger charge is -2.31. The van der Waals surface area contributed by atoms with Gasteiger partial charge >= 0.3 is 0 Å². The molecule has 1 aromatic rings. The van der Waals surface area contributed by atoms with Crippen molar-refractivity contribution >= 4 is 0 Å². The zero-order valence-electron chi connectivity index (χ0n) is 15.3. The SMILES string of the molecule is COC(C)c1noc(CN2CCCN(CC3(C)CCNC3)CC2)n1. The van der Waals surface area contributed by atoms with Crippen LogP contribution < -0.4 is 5.32 Å². The molecule has 7 heteroatoms. The highest BCUT2D eigenvalue weighted by Crippen LogP contribution is 2.26. The number of ether oxygens (including phenoxy) is 1. The molecule has 2 aliphatic heterocycles. The van der Waals surface area contributed by atoms with E-state index in [0.717, 1.165) is 39.3 Å². The molecule has 136 valence electrons. The van der Waals surface area contributed by atoms with Crippen molar-refractivity contribution < 1.29 is 9.26 Å². The van der Waals surface area contributed by atoms with Crippen LogP contribution in [-0.2, 0) is 11.3 Å². The second-order valence-corrected chi connectivity index (χ2v) is 7.57. The van der Waals surface area contributed by atoms with Gasteiger partial charge < -0.3 is 19.5 Å². The second-order valence-electron chi connectivity index (χ2n) is 7.57. The highest BCUT2D eigenvalue weighted by Gasteiger charge is 2.31. The molecule has 0 radical (unpaired) electrons. The third kappa shape index (κ3) is 4.53. The van der Waals surface area contributed by atoms with Crippen molar-refractivity contribution in [1.82, 2.24) is 25.3 Å². The number of hydrogen-bond donors (Lipinski definition) is 1. The van der Waals surface area contributed by atoms with Gasteiger partial charge in [-0.2, -0.15) is 4.98 Å². The lowest BCUT2D eigenvalue weighted by atomic mass is 9.89. The van der Waals surface area contributed by atoms with Gasteiger partial charge in [0.15, 0.2) is 5.82 Å². The molecule has 3 heterocycles. The van der Waals surface area contributed by atoms with Crippen molar-refractivity contribution in [3.63, 3.8) is 0 Å². The second kappa shape index (κ2) is 7.91. The Labute approximate surface area is 144 Å². The number of aromatic nitrogens is 2. The van der Waals surface area contributed by atoms with E-state index in [9.17, 15) is 0 Å². The fourth-order valence-corrected chi connectivity index (χ4v) is 3.68. The summed E-state index contributed by atoms with van der Waals surface area (Å²) in [6.07, 6.45) is 2.36. The largest absolute Gasteiger partial charge is 0.374 e. The molecule has 0 aliphatic carbocycles. The first-order valence-electron chi connectivity index (χ1n) is 9.09. The fourth-order valence-electron chi connectivity index (χ4n) is 3.68. The van der Waals surface area contributed by atoms with E-state index in [4.69, 9.17) is 9.26 Å². The normalized spacial score (nSPS) is 28.1. The fraction of sp³-hybridized carbons (Fsp3) is 0.882. The maximum Gasteiger partial charge on any atom is 0.240 e. The molecule has 2 fully saturated rings. The molecule has 2 atom stereocenters. The van der Waals surface area contributed by atoms with Gasteiger partial charge in [-0.25, -0.2) is 0 Å². The van der Waals surface area contributed by atoms with Crippen LogP contribution in [0.15, 0.2) is 4.52 Å². The van der Waals surface area contributed by atoms with Crippen molar-refractivity contribution in [2.45, 2.75) is 39.3 Å². The molecule has 0 bridgehead atoms. The summed E-state index contributed by atoms with van der Waals surface area (Å²) in [4.78, 5) is 9.50. The van der Waals surface area contributed by atoms with Crippen LogP contribution in [0, 0.1) is 5.41 Å². The molecular weight excluding hydrogens is 306 g/mol. The minimum atomic E-state index is -0.122. The molecule has 2 aliphatic rings. The summed E-state index contributed by atoms with van der Waals surface area (Å²) in [5.74, 6) is 1.32. The van der Waals surface area contributed by atoms with E-state index in [0.29, 0.717) is 17.1 Å². The van der Waals surface area contributed by atoms with Crippen LogP contribution in [0.5, 0.6) is 0 Å². The summed E-state index contributed by atoms with van der Waals surface area (Å²) >= 11 is 0. The van der Waals surface area contributed by atoms with Crippen LogP contribution in [0.4, 0.5) is 0 Å². The molecule has 7 nitrogen and oxygen atoms in total. The van der Waals surface area contributed by atoms with E-state index in [1.165, 1.54) is 25.9 Å². The Hall–Kier alpha value is -1.02. The van der Waals surface area contributed by atoms with Gasteiger partial charge in [0.05, 0.1) is 6.54 Å². The molecule has 3 rings (SSSR count). The van der Waals surface area contributed by atoms with E-state index in [-0.39, 0.29) is 6.10 Å². The average Bonchev–Trinajstić information content (AvgIpc) is 3.15. The number of hydrogen-bond acceptors (Lipinski definition) is 7. The van der Waals surface area contributed by atoms with Gasteiger partial charge in [-0.3, -0.25) is 4.90 Å². The van der Waals surface area contributed by atoms with Crippen molar-refractivity contribution in [1.29, 1.82) is 0 Å². The average molecular weight is 337 g/mol. The van der Waals surface area contributed by atoms with Crippen molar-refractivity contribution in [2.24, 2.45) is 5.41 Å². The third-order valence-electron chi connectivity index (χ3n) is 5.30. The van der Waals surface area contributed by atoms with Gasteiger partial charge in [0.1, 0.15) is 6.10 Å². The molecule has 0 aromatic carbocycles. The lowest BCUT2D eigenvalue weighted by molar-refractivity contribution is 0.109. The molecule has 1 aromatic heterocycles.